The number of rotatable bonds is 2. The number of carbonyl (C=O) groups excluding carboxylic acids is 1. The fraction of sp³-hybridized carbons (Fsp3) is 0.182. The number of nitrogens with one attached hydrogen (secondary N) is 1. The van der Waals surface area contributed by atoms with Crippen LogP contribution < -0.4 is 5.32 Å². The van der Waals surface area contributed by atoms with Gasteiger partial charge in [0.2, 0.25) is 5.91 Å². The van der Waals surface area contributed by atoms with E-state index in [1.165, 1.54) is 30.8 Å². The number of aryl methyl sites for hydroxylation is 1. The molecule has 1 aromatic carbocycles. The second-order valence-corrected chi connectivity index (χ2v) is 4.55. The van der Waals surface area contributed by atoms with Gasteiger partial charge in [-0.25, -0.2) is 8.78 Å². The number of hydrogen-bond acceptors (Lipinski definition) is 4. The van der Waals surface area contributed by atoms with Gasteiger partial charge in [0, 0.05) is 5.56 Å². The van der Waals surface area contributed by atoms with Gasteiger partial charge in [0.25, 0.3) is 0 Å². The molecule has 0 radical (unpaired) electrons. The first kappa shape index (κ1) is 12.7. The maximum Gasteiger partial charge on any atom is 0.236 e. The fourth-order valence-corrected chi connectivity index (χ4v) is 1.91. The molecule has 0 spiro atoms. The number of nitrogens with zero attached hydrogens (tertiary/aromatic N) is 2. The highest BCUT2D eigenvalue weighted by Gasteiger charge is 2.16. The van der Waals surface area contributed by atoms with Crippen LogP contribution in [0.4, 0.5) is 8.78 Å². The Morgan fingerprint density at radius 3 is 2.83 bits per heavy atom. The van der Waals surface area contributed by atoms with Gasteiger partial charge in [0.15, 0.2) is 16.8 Å². The first-order chi connectivity index (χ1) is 8.58. The summed E-state index contributed by atoms with van der Waals surface area (Å²) in [6.45, 7) is 1.48. The predicted molar refractivity (Wildman–Crippen MR) is 66.7 cm³/mol. The molecule has 1 aliphatic heterocycles. The minimum Gasteiger partial charge on any atom is -0.303 e. The van der Waals surface area contributed by atoms with Crippen molar-refractivity contribution in [1.29, 1.82) is 0 Å². The smallest absolute Gasteiger partial charge is 0.236 e. The molecule has 1 heterocycles. The van der Waals surface area contributed by atoms with E-state index in [1.54, 1.807) is 0 Å². The van der Waals surface area contributed by atoms with Gasteiger partial charge in [-0.15, -0.1) is 5.10 Å². The van der Waals surface area contributed by atoms with Crippen LogP contribution in [0.3, 0.4) is 0 Å². The summed E-state index contributed by atoms with van der Waals surface area (Å²) >= 11 is 1.20. The summed E-state index contributed by atoms with van der Waals surface area (Å²) in [5.41, 5.74) is 0.242. The maximum absolute atomic E-state index is 13.4. The number of carbonyl (C=O) groups is 1. The average molecular weight is 269 g/mol. The highest BCUT2D eigenvalue weighted by molar-refractivity contribution is 8.15. The lowest BCUT2D eigenvalue weighted by atomic mass is 10.1. The molecule has 0 aliphatic carbocycles. The molecule has 0 unspecified atom stereocenters. The topological polar surface area (TPSA) is 53.8 Å². The second-order valence-electron chi connectivity index (χ2n) is 3.59. The van der Waals surface area contributed by atoms with Crippen molar-refractivity contribution in [3.8, 4) is 0 Å². The summed E-state index contributed by atoms with van der Waals surface area (Å²) in [6.07, 6.45) is 1.11. The minimum atomic E-state index is -0.956. The van der Waals surface area contributed by atoms with E-state index < -0.39 is 11.6 Å². The Hall–Kier alpha value is -1.76. The molecule has 1 saturated heterocycles. The van der Waals surface area contributed by atoms with Crippen LogP contribution >= 0.6 is 11.8 Å². The van der Waals surface area contributed by atoms with E-state index in [0.717, 1.165) is 6.21 Å². The molecule has 94 valence electrons. The van der Waals surface area contributed by atoms with E-state index in [2.05, 4.69) is 15.5 Å². The monoisotopic (exact) mass is 269 g/mol. The lowest BCUT2D eigenvalue weighted by Gasteiger charge is -2.00. The number of hydrogen-bond donors (Lipinski definition) is 1. The highest BCUT2D eigenvalue weighted by Crippen LogP contribution is 2.14. The van der Waals surface area contributed by atoms with Gasteiger partial charge >= 0.3 is 0 Å². The number of halogens is 2. The number of thioether (sulfide) groups is 1. The number of benzene rings is 1. The van der Waals surface area contributed by atoms with Crippen molar-refractivity contribution in [2.45, 2.75) is 6.92 Å². The van der Waals surface area contributed by atoms with Crippen LogP contribution in [0.5, 0.6) is 0 Å². The lowest BCUT2D eigenvalue weighted by molar-refractivity contribution is -0.116. The molecule has 7 heteroatoms. The first-order valence-corrected chi connectivity index (χ1v) is 6.05. The Kier molecular flexibility index (Phi) is 3.71. The SMILES string of the molecule is Cc1ccc(C=NN=C2NC(=O)CS2)c(F)c1F. The standard InChI is InChI=1S/C11H9F2N3OS/c1-6-2-3-7(10(13)9(6)12)4-14-16-11-15-8(17)5-18-11/h2-4H,5H2,1H3,(H,15,16,17). The van der Waals surface area contributed by atoms with E-state index in [0.29, 0.717) is 10.9 Å². The average Bonchev–Trinajstić information content (AvgIpc) is 2.75. The predicted octanol–water partition coefficient (Wildman–Crippen LogP) is 1.83. The van der Waals surface area contributed by atoms with Crippen molar-refractivity contribution in [1.82, 2.24) is 5.32 Å². The molecule has 1 aromatic rings. The molecule has 2 rings (SSSR count). The van der Waals surface area contributed by atoms with Gasteiger partial charge in [0.1, 0.15) is 0 Å². The van der Waals surface area contributed by atoms with E-state index in [9.17, 15) is 13.6 Å². The zero-order valence-corrected chi connectivity index (χ0v) is 10.2. The molecule has 0 bridgehead atoms. The van der Waals surface area contributed by atoms with Crippen LogP contribution in [0.15, 0.2) is 22.3 Å². The highest BCUT2D eigenvalue weighted by atomic mass is 32.2. The lowest BCUT2D eigenvalue weighted by Crippen LogP contribution is -2.19. The van der Waals surface area contributed by atoms with Crippen LogP contribution in [0.2, 0.25) is 0 Å². The maximum atomic E-state index is 13.4. The van der Waals surface area contributed by atoms with E-state index in [-0.39, 0.29) is 17.0 Å². The molecular formula is C11H9F2N3OS. The van der Waals surface area contributed by atoms with E-state index in [4.69, 9.17) is 0 Å². The van der Waals surface area contributed by atoms with Crippen LogP contribution in [-0.2, 0) is 4.79 Å². The van der Waals surface area contributed by atoms with Gasteiger partial charge in [-0.2, -0.15) is 5.10 Å². The Morgan fingerprint density at radius 2 is 2.17 bits per heavy atom. The van der Waals surface area contributed by atoms with Crippen molar-refractivity contribution in [2.75, 3.05) is 5.75 Å². The molecule has 18 heavy (non-hydrogen) atoms. The summed E-state index contributed by atoms with van der Waals surface area (Å²) in [5, 5.41) is 10.1. The van der Waals surface area contributed by atoms with E-state index in [1.807, 2.05) is 0 Å². The third-order valence-corrected chi connectivity index (χ3v) is 3.10. The quantitative estimate of drug-likeness (QED) is 0.657. The molecule has 0 saturated carbocycles. The number of amidine groups is 1. The first-order valence-electron chi connectivity index (χ1n) is 5.06. The third kappa shape index (κ3) is 2.73. The van der Waals surface area contributed by atoms with Crippen molar-refractivity contribution in [2.24, 2.45) is 10.2 Å². The largest absolute Gasteiger partial charge is 0.303 e. The van der Waals surface area contributed by atoms with Crippen molar-refractivity contribution < 1.29 is 13.6 Å². The van der Waals surface area contributed by atoms with Crippen LogP contribution in [0, 0.1) is 18.6 Å². The number of amides is 1. The summed E-state index contributed by atoms with van der Waals surface area (Å²) in [4.78, 5) is 10.8. The molecular weight excluding hydrogens is 260 g/mol. The summed E-state index contributed by atoms with van der Waals surface area (Å²) in [5.74, 6) is -1.71. The van der Waals surface area contributed by atoms with Crippen LogP contribution in [-0.4, -0.2) is 23.0 Å². The molecule has 0 aromatic heterocycles. The van der Waals surface area contributed by atoms with Gasteiger partial charge in [0.05, 0.1) is 12.0 Å². The van der Waals surface area contributed by atoms with E-state index >= 15 is 0 Å². The molecule has 1 amide bonds. The zero-order chi connectivity index (χ0) is 13.1. The Labute approximate surface area is 106 Å². The fourth-order valence-electron chi connectivity index (χ4n) is 1.28. The molecule has 1 fully saturated rings. The summed E-state index contributed by atoms with van der Waals surface area (Å²) < 4.78 is 26.7. The minimum absolute atomic E-state index is 0.0109. The van der Waals surface area contributed by atoms with Gasteiger partial charge in [-0.05, 0) is 18.6 Å². The molecule has 0 atom stereocenters. The Morgan fingerprint density at radius 1 is 1.39 bits per heavy atom. The molecule has 1 aliphatic rings. The Balaban J connectivity index is 2.15. The van der Waals surface area contributed by atoms with Gasteiger partial charge in [-0.3, -0.25) is 4.79 Å². The molecule has 4 nitrogen and oxygen atoms in total. The van der Waals surface area contributed by atoms with Crippen LogP contribution in [0.1, 0.15) is 11.1 Å². The van der Waals surface area contributed by atoms with Gasteiger partial charge < -0.3 is 5.32 Å². The summed E-state index contributed by atoms with van der Waals surface area (Å²) in [6, 6.07) is 2.87. The van der Waals surface area contributed by atoms with Gasteiger partial charge in [-0.1, -0.05) is 17.8 Å². The summed E-state index contributed by atoms with van der Waals surface area (Å²) in [7, 11) is 0. The second kappa shape index (κ2) is 5.26. The normalized spacial score (nSPS) is 17.7. The third-order valence-electron chi connectivity index (χ3n) is 2.24. The van der Waals surface area contributed by atoms with Crippen LogP contribution in [0.25, 0.3) is 0 Å². The van der Waals surface area contributed by atoms with Crippen molar-refractivity contribution in [3.05, 3.63) is 34.9 Å². The zero-order valence-electron chi connectivity index (χ0n) is 9.41. The molecule has 1 N–H and O–H groups in total. The van der Waals surface area contributed by atoms with Crippen molar-refractivity contribution in [3.63, 3.8) is 0 Å². The Bertz CT molecular complexity index is 557. The van der Waals surface area contributed by atoms with Crippen molar-refractivity contribution >= 4 is 29.1 Å².